The first-order chi connectivity index (χ1) is 12.4. The van der Waals surface area contributed by atoms with Gasteiger partial charge >= 0.3 is 0 Å². The van der Waals surface area contributed by atoms with Crippen molar-refractivity contribution in [3.63, 3.8) is 0 Å². The summed E-state index contributed by atoms with van der Waals surface area (Å²) in [6.45, 7) is 9.30. The van der Waals surface area contributed by atoms with Crippen LogP contribution in [0.1, 0.15) is 51.2 Å². The maximum Gasteiger partial charge on any atom is 0.223 e. The summed E-state index contributed by atoms with van der Waals surface area (Å²) < 4.78 is 5.74. The predicted octanol–water partition coefficient (Wildman–Crippen LogP) is 5.55. The van der Waals surface area contributed by atoms with Crippen molar-refractivity contribution in [3.8, 4) is 5.75 Å². The summed E-state index contributed by atoms with van der Waals surface area (Å²) in [6.07, 6.45) is 1.50. The predicted molar refractivity (Wildman–Crippen MR) is 108 cm³/mol. The fourth-order valence-corrected chi connectivity index (χ4v) is 3.34. The monoisotopic (exact) mass is 394 g/mol. The lowest BCUT2D eigenvalue weighted by atomic mass is 10.1. The van der Waals surface area contributed by atoms with E-state index in [1.807, 2.05) is 22.4 Å². The minimum absolute atomic E-state index is 0.196. The Morgan fingerprint density at radius 1 is 1.27 bits per heavy atom. The van der Waals surface area contributed by atoms with Gasteiger partial charge in [-0.1, -0.05) is 32.4 Å². The molecule has 0 saturated heterocycles. The van der Waals surface area contributed by atoms with Crippen molar-refractivity contribution in [1.82, 2.24) is 9.88 Å². The van der Waals surface area contributed by atoms with Gasteiger partial charge in [0.15, 0.2) is 0 Å². The van der Waals surface area contributed by atoms with Crippen LogP contribution >= 0.6 is 22.9 Å². The van der Waals surface area contributed by atoms with E-state index in [2.05, 4.69) is 32.7 Å². The minimum atomic E-state index is 0.196. The number of thiazole rings is 1. The number of rotatable bonds is 9. The molecule has 0 spiro atoms. The molecule has 0 N–H and O–H groups in total. The molecule has 1 aromatic heterocycles. The molecule has 26 heavy (non-hydrogen) atoms. The van der Waals surface area contributed by atoms with E-state index in [9.17, 15) is 4.79 Å². The summed E-state index contributed by atoms with van der Waals surface area (Å²) in [6, 6.07) is 7.48. The van der Waals surface area contributed by atoms with E-state index in [1.54, 1.807) is 23.5 Å². The van der Waals surface area contributed by atoms with Crippen LogP contribution in [0.5, 0.6) is 5.75 Å². The molecule has 4 nitrogen and oxygen atoms in total. The fraction of sp³-hybridized carbons (Fsp3) is 0.500. The Morgan fingerprint density at radius 2 is 1.96 bits per heavy atom. The third-order valence-corrected chi connectivity index (χ3v) is 5.26. The van der Waals surface area contributed by atoms with Gasteiger partial charge in [0.1, 0.15) is 17.4 Å². The van der Waals surface area contributed by atoms with Crippen molar-refractivity contribution in [2.45, 2.75) is 59.7 Å². The van der Waals surface area contributed by atoms with E-state index in [0.29, 0.717) is 30.5 Å². The Hall–Kier alpha value is -1.59. The van der Waals surface area contributed by atoms with Crippen molar-refractivity contribution in [3.05, 3.63) is 45.4 Å². The number of benzene rings is 1. The Balaban J connectivity index is 1.97. The van der Waals surface area contributed by atoms with E-state index in [1.165, 1.54) is 0 Å². The molecule has 0 radical (unpaired) electrons. The second kappa shape index (κ2) is 9.93. The Labute approximate surface area is 165 Å². The van der Waals surface area contributed by atoms with Crippen LogP contribution in [-0.4, -0.2) is 21.8 Å². The van der Waals surface area contributed by atoms with Crippen LogP contribution in [0, 0.1) is 5.92 Å². The van der Waals surface area contributed by atoms with Crippen LogP contribution in [0.4, 0.5) is 0 Å². The molecule has 2 aromatic rings. The lowest BCUT2D eigenvalue weighted by Gasteiger charge is -2.28. The Kier molecular flexibility index (Phi) is 7.91. The molecule has 0 saturated carbocycles. The third-order valence-electron chi connectivity index (χ3n) is 4.13. The van der Waals surface area contributed by atoms with Gasteiger partial charge in [0.05, 0.1) is 12.2 Å². The van der Waals surface area contributed by atoms with E-state index in [0.717, 1.165) is 22.9 Å². The van der Waals surface area contributed by atoms with Crippen LogP contribution in [0.3, 0.4) is 0 Å². The van der Waals surface area contributed by atoms with E-state index in [4.69, 9.17) is 16.3 Å². The summed E-state index contributed by atoms with van der Waals surface area (Å²) >= 11 is 7.44. The number of ether oxygens (including phenoxy) is 1. The van der Waals surface area contributed by atoms with Crippen molar-refractivity contribution in [2.75, 3.05) is 0 Å². The zero-order valence-electron chi connectivity index (χ0n) is 15.9. The molecule has 2 rings (SSSR count). The second-order valence-corrected chi connectivity index (χ2v) is 8.23. The van der Waals surface area contributed by atoms with Gasteiger partial charge in [0.25, 0.3) is 0 Å². The number of aromatic nitrogens is 1. The number of halogens is 1. The molecule has 6 heteroatoms. The average molecular weight is 395 g/mol. The molecule has 0 bridgehead atoms. The van der Waals surface area contributed by atoms with Gasteiger partial charge in [0.2, 0.25) is 5.91 Å². The van der Waals surface area contributed by atoms with Gasteiger partial charge in [-0.15, -0.1) is 11.3 Å². The van der Waals surface area contributed by atoms with Gasteiger partial charge in [-0.3, -0.25) is 4.79 Å². The topological polar surface area (TPSA) is 42.4 Å². The van der Waals surface area contributed by atoms with Gasteiger partial charge < -0.3 is 9.64 Å². The molecule has 142 valence electrons. The number of carbonyl (C=O) groups excluding carboxylic acids is 1. The first-order valence-corrected chi connectivity index (χ1v) is 10.3. The zero-order valence-corrected chi connectivity index (χ0v) is 17.4. The molecule has 0 aliphatic rings. The molecular formula is C20H27ClN2O2S. The summed E-state index contributed by atoms with van der Waals surface area (Å²) in [5.41, 5.74) is 0.919. The SMILES string of the molecule is CC[C@H](C)N(Cc1csc(COc2ccc(Cl)cc2)n1)C(=O)CC(C)C. The second-order valence-electron chi connectivity index (χ2n) is 6.85. The lowest BCUT2D eigenvalue weighted by molar-refractivity contribution is -0.134. The molecular weight excluding hydrogens is 368 g/mol. The first-order valence-electron chi connectivity index (χ1n) is 9.00. The number of nitrogens with zero attached hydrogens (tertiary/aromatic N) is 2. The highest BCUT2D eigenvalue weighted by molar-refractivity contribution is 7.09. The third kappa shape index (κ3) is 6.29. The highest BCUT2D eigenvalue weighted by Gasteiger charge is 2.21. The molecule has 1 amide bonds. The molecule has 1 atom stereocenters. The molecule has 0 aliphatic carbocycles. The highest BCUT2D eigenvalue weighted by Crippen LogP contribution is 2.20. The quantitative estimate of drug-likeness (QED) is 0.560. The molecule has 0 unspecified atom stereocenters. The van der Waals surface area contributed by atoms with Crippen LogP contribution in [0.2, 0.25) is 5.02 Å². The molecule has 0 fully saturated rings. The smallest absolute Gasteiger partial charge is 0.223 e. The van der Waals surface area contributed by atoms with Crippen molar-refractivity contribution < 1.29 is 9.53 Å². The van der Waals surface area contributed by atoms with Gasteiger partial charge in [-0.25, -0.2) is 4.98 Å². The Morgan fingerprint density at radius 3 is 2.58 bits per heavy atom. The lowest BCUT2D eigenvalue weighted by Crippen LogP contribution is -2.38. The summed E-state index contributed by atoms with van der Waals surface area (Å²) in [4.78, 5) is 19.1. The summed E-state index contributed by atoms with van der Waals surface area (Å²) in [5.74, 6) is 1.31. The van der Waals surface area contributed by atoms with Crippen LogP contribution in [-0.2, 0) is 17.9 Å². The minimum Gasteiger partial charge on any atom is -0.486 e. The van der Waals surface area contributed by atoms with Crippen molar-refractivity contribution in [1.29, 1.82) is 0 Å². The standard InChI is InChI=1S/C20H27ClN2O2S/c1-5-15(4)23(20(24)10-14(2)3)11-17-13-26-19(22-17)12-25-18-8-6-16(21)7-9-18/h6-9,13-15H,5,10-12H2,1-4H3/t15-/m0/s1. The molecule has 1 aromatic carbocycles. The van der Waals surface area contributed by atoms with Gasteiger partial charge in [-0.2, -0.15) is 0 Å². The number of carbonyl (C=O) groups is 1. The number of hydrogen-bond acceptors (Lipinski definition) is 4. The zero-order chi connectivity index (χ0) is 19.1. The van der Waals surface area contributed by atoms with E-state index < -0.39 is 0 Å². The number of hydrogen-bond donors (Lipinski definition) is 0. The van der Waals surface area contributed by atoms with E-state index >= 15 is 0 Å². The maximum absolute atomic E-state index is 12.6. The Bertz CT molecular complexity index is 700. The van der Waals surface area contributed by atoms with E-state index in [-0.39, 0.29) is 11.9 Å². The van der Waals surface area contributed by atoms with Gasteiger partial charge in [-0.05, 0) is 43.5 Å². The van der Waals surface area contributed by atoms with Crippen molar-refractivity contribution >= 4 is 28.8 Å². The van der Waals surface area contributed by atoms with Crippen LogP contribution in [0.25, 0.3) is 0 Å². The fourth-order valence-electron chi connectivity index (χ4n) is 2.51. The largest absolute Gasteiger partial charge is 0.486 e. The summed E-state index contributed by atoms with van der Waals surface area (Å²) in [5, 5.41) is 3.60. The highest BCUT2D eigenvalue weighted by atomic mass is 35.5. The molecule has 1 heterocycles. The number of amides is 1. The normalized spacial score (nSPS) is 12.2. The average Bonchev–Trinajstić information content (AvgIpc) is 3.05. The van der Waals surface area contributed by atoms with Gasteiger partial charge in [0, 0.05) is 22.9 Å². The van der Waals surface area contributed by atoms with Crippen LogP contribution < -0.4 is 4.74 Å². The molecule has 0 aliphatic heterocycles. The van der Waals surface area contributed by atoms with Crippen LogP contribution in [0.15, 0.2) is 29.6 Å². The summed E-state index contributed by atoms with van der Waals surface area (Å²) in [7, 11) is 0. The van der Waals surface area contributed by atoms with Crippen molar-refractivity contribution in [2.24, 2.45) is 5.92 Å². The maximum atomic E-state index is 12.6. The first kappa shape index (κ1) is 20.7.